The van der Waals surface area contributed by atoms with E-state index in [0.717, 1.165) is 55.2 Å². The van der Waals surface area contributed by atoms with Gasteiger partial charge in [0.15, 0.2) is 11.5 Å². The molecule has 6 atom stereocenters. The van der Waals surface area contributed by atoms with Gasteiger partial charge in [-0.25, -0.2) is 4.79 Å². The maximum atomic E-state index is 14.9. The molecule has 3 aliphatic carbocycles. The summed E-state index contributed by atoms with van der Waals surface area (Å²) in [6.07, 6.45) is 9.48. The molecule has 15 nitrogen and oxygen atoms in total. The van der Waals surface area contributed by atoms with Gasteiger partial charge in [-0.1, -0.05) is 36.2 Å². The molecule has 2 heterocycles. The Balaban J connectivity index is 1.27. The summed E-state index contributed by atoms with van der Waals surface area (Å²) in [7, 11) is 3.06. The highest BCUT2D eigenvalue weighted by atomic mass is 16.7. The molecule has 0 radical (unpaired) electrons. The van der Waals surface area contributed by atoms with E-state index in [9.17, 15) is 19.8 Å². The maximum Gasteiger partial charge on any atom is 0.417 e. The molecule has 0 bridgehead atoms. The number of ether oxygens (including phenoxy) is 7. The van der Waals surface area contributed by atoms with Crippen LogP contribution in [0.4, 0.5) is 10.5 Å². The smallest absolute Gasteiger partial charge is 0.417 e. The van der Waals surface area contributed by atoms with Crippen LogP contribution in [0.5, 0.6) is 34.5 Å². The molecule has 65 heavy (non-hydrogen) atoms. The summed E-state index contributed by atoms with van der Waals surface area (Å²) in [6, 6.07) is 15.5. The molecule has 2 fully saturated rings. The summed E-state index contributed by atoms with van der Waals surface area (Å²) in [5.74, 6) is 0.652. The number of unbranched alkanes of at least 4 members (excludes halogenated alkanes) is 2. The van der Waals surface area contributed by atoms with Crippen LogP contribution in [-0.4, -0.2) is 92.1 Å². The number of hydrogen-bond acceptors (Lipinski definition) is 13. The highest BCUT2D eigenvalue weighted by Gasteiger charge is 2.66. The van der Waals surface area contributed by atoms with Crippen LogP contribution in [-0.2, 0) is 20.9 Å². The van der Waals surface area contributed by atoms with E-state index in [0.29, 0.717) is 65.3 Å². The predicted molar refractivity (Wildman–Crippen MR) is 242 cm³/mol. The zero-order chi connectivity index (χ0) is 45.5. The van der Waals surface area contributed by atoms with Gasteiger partial charge < -0.3 is 53.1 Å². The summed E-state index contributed by atoms with van der Waals surface area (Å²) in [4.78, 5) is 36.3. The Bertz CT molecular complexity index is 2260. The number of carbonyl (C=O) groups excluding carboxylic acids is 2. The Morgan fingerprint density at radius 3 is 2.45 bits per heavy atom. The molecule has 0 saturated heterocycles. The Kier molecular flexibility index (Phi) is 14.5. The van der Waals surface area contributed by atoms with Gasteiger partial charge in [-0.3, -0.25) is 10.1 Å². The predicted octanol–water partition coefficient (Wildman–Crippen LogP) is 8.14. The van der Waals surface area contributed by atoms with E-state index in [1.807, 2.05) is 42.2 Å². The number of aliphatic hydroxyl groups is 2. The SMILES string of the molecule is C=CCOC12Oc3ccc(OC(=O)Nc4ccc(OC)cc4OC)cc3C3C(CCCCO)C(CCCCO)C=C(C(=NOCC)CC1N(Cc1ccc4c(c1)OCO4)C(=O)C1CC1)C32. The number of oxime groups is 1. The van der Waals surface area contributed by atoms with E-state index in [4.69, 9.17) is 43.2 Å². The highest BCUT2D eigenvalue weighted by Crippen LogP contribution is 2.62. The first-order valence-electron chi connectivity index (χ1n) is 22.9. The first-order valence-corrected chi connectivity index (χ1v) is 22.9. The van der Waals surface area contributed by atoms with Crippen LogP contribution in [0.1, 0.15) is 81.8 Å². The molecule has 2 aliphatic heterocycles. The third kappa shape index (κ3) is 9.64. The minimum atomic E-state index is -1.44. The minimum Gasteiger partial charge on any atom is -0.497 e. The average molecular weight is 896 g/mol. The fraction of sp³-hybridized carbons (Fsp3) is 0.500. The molecule has 2 saturated carbocycles. The van der Waals surface area contributed by atoms with E-state index in [1.54, 1.807) is 37.5 Å². The quantitative estimate of drug-likeness (QED) is 0.0533. The number of hydrogen-bond donors (Lipinski definition) is 3. The van der Waals surface area contributed by atoms with E-state index < -0.39 is 23.8 Å². The van der Waals surface area contributed by atoms with Gasteiger partial charge >= 0.3 is 6.09 Å². The maximum absolute atomic E-state index is 14.9. The molecule has 348 valence electrons. The van der Waals surface area contributed by atoms with Crippen LogP contribution in [0, 0.1) is 23.7 Å². The second-order valence-corrected chi connectivity index (χ2v) is 17.2. The van der Waals surface area contributed by atoms with E-state index >= 15 is 0 Å². The van der Waals surface area contributed by atoms with E-state index in [-0.39, 0.29) is 69.2 Å². The van der Waals surface area contributed by atoms with Crippen molar-refractivity contribution < 1.29 is 57.8 Å². The monoisotopic (exact) mass is 895 g/mol. The standard InChI is InChI=1S/C50H61N3O12/c1-5-23-62-50-45(53(48(56)32-14-15-32)29-31-13-19-42-44(24-31)61-30-60-42)28-40(52-63-6-2)37-25-33(11-7-9-21-54)36(12-8-10-22-55)46(47(37)50)38-26-35(17-20-41(38)65-50)64-49(57)51-39-18-16-34(58-3)27-43(39)59-4/h5,13,16-20,24-27,32-33,36,45-47,54-55H,1,6-12,14-15,21-23,28-30H2,2-4H3,(H,51,57). The number of nitrogens with zero attached hydrogens (tertiary/aromatic N) is 2. The molecule has 6 unspecified atom stereocenters. The minimum absolute atomic E-state index is 0.00353. The van der Waals surface area contributed by atoms with Gasteiger partial charge in [0.05, 0.1) is 38.1 Å². The molecule has 3 aromatic carbocycles. The number of allylic oxidation sites excluding steroid dienone is 1. The Labute approximate surface area is 380 Å². The van der Waals surface area contributed by atoms with Crippen molar-refractivity contribution >= 4 is 23.4 Å². The number of aliphatic hydroxyl groups excluding tert-OH is 2. The van der Waals surface area contributed by atoms with E-state index in [1.165, 1.54) is 7.11 Å². The largest absolute Gasteiger partial charge is 0.497 e. The lowest BCUT2D eigenvalue weighted by Gasteiger charge is -2.60. The average Bonchev–Trinajstić information content (AvgIpc) is 4.07. The lowest BCUT2D eigenvalue weighted by molar-refractivity contribution is -0.258. The third-order valence-corrected chi connectivity index (χ3v) is 13.2. The summed E-state index contributed by atoms with van der Waals surface area (Å²) < 4.78 is 42.8. The number of fused-ring (bicyclic) bond motifs is 3. The number of nitrogens with one attached hydrogen (secondary N) is 1. The van der Waals surface area contributed by atoms with Gasteiger partial charge in [-0.05, 0) is 111 Å². The summed E-state index contributed by atoms with van der Waals surface area (Å²) in [6.45, 7) is 6.91. The molecule has 0 spiro atoms. The highest BCUT2D eigenvalue weighted by molar-refractivity contribution is 6.03. The van der Waals surface area contributed by atoms with Gasteiger partial charge in [-0.15, -0.1) is 6.58 Å². The first-order chi connectivity index (χ1) is 31.7. The van der Waals surface area contributed by atoms with Crippen molar-refractivity contribution in [3.05, 3.63) is 90.0 Å². The second kappa shape index (κ2) is 20.6. The van der Waals surface area contributed by atoms with Crippen LogP contribution >= 0.6 is 0 Å². The summed E-state index contributed by atoms with van der Waals surface area (Å²) in [5, 5.41) is 27.5. The van der Waals surface area contributed by atoms with Crippen molar-refractivity contribution in [3.8, 4) is 34.5 Å². The third-order valence-electron chi connectivity index (χ3n) is 13.2. The number of rotatable bonds is 21. The number of methoxy groups -OCH3 is 2. The molecule has 8 rings (SSSR count). The van der Waals surface area contributed by atoms with Crippen molar-refractivity contribution in [2.24, 2.45) is 28.8 Å². The van der Waals surface area contributed by atoms with Crippen molar-refractivity contribution in [2.45, 2.75) is 89.0 Å². The topological polar surface area (TPSA) is 176 Å². The van der Waals surface area contributed by atoms with Crippen LogP contribution < -0.4 is 33.7 Å². The lowest BCUT2D eigenvalue weighted by Crippen LogP contribution is -2.70. The molecular weight excluding hydrogens is 835 g/mol. The van der Waals surface area contributed by atoms with Gasteiger partial charge in [0, 0.05) is 49.6 Å². The van der Waals surface area contributed by atoms with Crippen LogP contribution in [0.25, 0.3) is 0 Å². The van der Waals surface area contributed by atoms with Gasteiger partial charge in [0.2, 0.25) is 18.5 Å². The van der Waals surface area contributed by atoms with Crippen molar-refractivity contribution in [2.75, 3.05) is 52.8 Å². The molecule has 0 aromatic heterocycles. The van der Waals surface area contributed by atoms with Crippen molar-refractivity contribution in [3.63, 3.8) is 0 Å². The number of carbonyl (C=O) groups is 2. The number of anilines is 1. The van der Waals surface area contributed by atoms with Crippen LogP contribution in [0.3, 0.4) is 0 Å². The Hall–Kier alpha value is -5.77. The second-order valence-electron chi connectivity index (χ2n) is 17.2. The molecular formula is C50H61N3O12. The number of amides is 2. The zero-order valence-electron chi connectivity index (χ0n) is 37.5. The van der Waals surface area contributed by atoms with Gasteiger partial charge in [-0.2, -0.15) is 0 Å². The molecule has 5 aliphatic rings. The van der Waals surface area contributed by atoms with Crippen LogP contribution in [0.2, 0.25) is 0 Å². The first kappa shape index (κ1) is 45.8. The zero-order valence-corrected chi connectivity index (χ0v) is 37.5. The van der Waals surface area contributed by atoms with E-state index in [2.05, 4.69) is 18.0 Å². The van der Waals surface area contributed by atoms with Crippen molar-refractivity contribution in [1.29, 1.82) is 0 Å². The Morgan fingerprint density at radius 2 is 1.71 bits per heavy atom. The fourth-order valence-electron chi connectivity index (χ4n) is 10.1. The molecule has 3 N–H and O–H groups in total. The molecule has 2 amide bonds. The number of benzene rings is 3. The lowest BCUT2D eigenvalue weighted by atomic mass is 9.55. The normalized spacial score (nSPS) is 24.2. The Morgan fingerprint density at radius 1 is 0.938 bits per heavy atom. The molecule has 3 aromatic rings. The van der Waals surface area contributed by atoms with Crippen LogP contribution in [0.15, 0.2) is 84.1 Å². The molecule has 15 heteroatoms. The fourth-order valence-corrected chi connectivity index (χ4v) is 10.1. The van der Waals surface area contributed by atoms with Gasteiger partial charge in [0.1, 0.15) is 35.6 Å². The summed E-state index contributed by atoms with van der Waals surface area (Å²) >= 11 is 0. The van der Waals surface area contributed by atoms with Crippen molar-refractivity contribution in [1.82, 2.24) is 4.90 Å². The summed E-state index contributed by atoms with van der Waals surface area (Å²) in [5.41, 5.74) is 3.71. The van der Waals surface area contributed by atoms with Gasteiger partial charge in [0.25, 0.3) is 0 Å².